The van der Waals surface area contributed by atoms with Gasteiger partial charge in [-0.3, -0.25) is 4.79 Å². The molecule has 1 aliphatic rings. The normalized spacial score (nSPS) is 13.3. The van der Waals surface area contributed by atoms with Gasteiger partial charge in [0.05, 0.1) is 11.4 Å². The largest absolute Gasteiger partial charge is 0.334 e. The number of nitrogens with one attached hydrogen (secondary N) is 1. The molecule has 1 amide bonds. The molecule has 0 bridgehead atoms. The van der Waals surface area contributed by atoms with Gasteiger partial charge in [-0.25, -0.2) is 4.98 Å². The van der Waals surface area contributed by atoms with Gasteiger partial charge in [0.1, 0.15) is 5.82 Å². The van der Waals surface area contributed by atoms with Crippen LogP contribution in [0.15, 0.2) is 72.9 Å². The third-order valence-electron chi connectivity index (χ3n) is 5.39. The molecule has 1 N–H and O–H groups in total. The van der Waals surface area contributed by atoms with Crippen LogP contribution in [0.5, 0.6) is 0 Å². The average molecular weight is 367 g/mol. The maximum absolute atomic E-state index is 13.1. The standard InChI is InChI=1S/C24H21N3O/c28-24(19-12-7-9-17-8-1-2-10-18(17)19)26-21-13-4-3-11-20(21)22-16-27-15-6-5-14-23(27)25-22/h1-4,7-13,16H,5-6,14-15H2,(H,26,28). The quantitative estimate of drug-likeness (QED) is 0.535. The van der Waals surface area contributed by atoms with E-state index in [0.29, 0.717) is 5.56 Å². The van der Waals surface area contributed by atoms with Gasteiger partial charge in [-0.05, 0) is 35.7 Å². The number of aromatic nitrogens is 2. The second kappa shape index (κ2) is 6.97. The highest BCUT2D eigenvalue weighted by Crippen LogP contribution is 2.30. The van der Waals surface area contributed by atoms with Crippen molar-refractivity contribution in [3.8, 4) is 11.3 Å². The third-order valence-corrected chi connectivity index (χ3v) is 5.39. The number of aryl methyl sites for hydroxylation is 2. The van der Waals surface area contributed by atoms with E-state index >= 15 is 0 Å². The van der Waals surface area contributed by atoms with Crippen LogP contribution >= 0.6 is 0 Å². The summed E-state index contributed by atoms with van der Waals surface area (Å²) in [7, 11) is 0. The van der Waals surface area contributed by atoms with Crippen molar-refractivity contribution < 1.29 is 4.79 Å². The van der Waals surface area contributed by atoms with E-state index in [9.17, 15) is 4.79 Å². The molecule has 5 rings (SSSR count). The monoisotopic (exact) mass is 367 g/mol. The van der Waals surface area contributed by atoms with Crippen LogP contribution < -0.4 is 5.32 Å². The molecule has 0 fully saturated rings. The summed E-state index contributed by atoms with van der Waals surface area (Å²) in [5, 5.41) is 5.13. The number of anilines is 1. The van der Waals surface area contributed by atoms with Crippen molar-refractivity contribution in [1.29, 1.82) is 0 Å². The van der Waals surface area contributed by atoms with Crippen LogP contribution in [-0.2, 0) is 13.0 Å². The zero-order valence-electron chi connectivity index (χ0n) is 15.6. The second-order valence-corrected chi connectivity index (χ2v) is 7.22. The van der Waals surface area contributed by atoms with Crippen molar-refractivity contribution in [2.45, 2.75) is 25.8 Å². The first kappa shape index (κ1) is 16.8. The fraction of sp³-hybridized carbons (Fsp3) is 0.167. The van der Waals surface area contributed by atoms with Gasteiger partial charge < -0.3 is 9.88 Å². The Morgan fingerprint density at radius 1 is 0.929 bits per heavy atom. The minimum absolute atomic E-state index is 0.103. The zero-order chi connectivity index (χ0) is 18.9. The first-order valence-electron chi connectivity index (χ1n) is 9.74. The maximum Gasteiger partial charge on any atom is 0.256 e. The predicted molar refractivity (Wildman–Crippen MR) is 113 cm³/mol. The number of rotatable bonds is 3. The lowest BCUT2D eigenvalue weighted by Crippen LogP contribution is -2.13. The van der Waals surface area contributed by atoms with E-state index in [0.717, 1.165) is 46.5 Å². The first-order valence-corrected chi connectivity index (χ1v) is 9.74. The highest BCUT2D eigenvalue weighted by molar-refractivity contribution is 6.13. The molecule has 0 spiro atoms. The second-order valence-electron chi connectivity index (χ2n) is 7.22. The summed E-state index contributed by atoms with van der Waals surface area (Å²) in [5.74, 6) is 1.03. The first-order chi connectivity index (χ1) is 13.8. The van der Waals surface area contributed by atoms with E-state index < -0.39 is 0 Å². The van der Waals surface area contributed by atoms with Gasteiger partial charge >= 0.3 is 0 Å². The summed E-state index contributed by atoms with van der Waals surface area (Å²) >= 11 is 0. The number of benzene rings is 3. The third kappa shape index (κ3) is 2.97. The number of carbonyl (C=O) groups excluding carboxylic acids is 1. The molecule has 0 atom stereocenters. The molecule has 1 aliphatic heterocycles. The molecule has 0 radical (unpaired) electrons. The van der Waals surface area contributed by atoms with E-state index in [4.69, 9.17) is 4.98 Å². The zero-order valence-corrected chi connectivity index (χ0v) is 15.6. The summed E-state index contributed by atoms with van der Waals surface area (Å²) in [6.07, 6.45) is 5.51. The maximum atomic E-state index is 13.1. The Balaban J connectivity index is 1.51. The minimum Gasteiger partial charge on any atom is -0.334 e. The Morgan fingerprint density at radius 3 is 2.68 bits per heavy atom. The molecule has 28 heavy (non-hydrogen) atoms. The van der Waals surface area contributed by atoms with E-state index in [2.05, 4.69) is 16.1 Å². The highest BCUT2D eigenvalue weighted by atomic mass is 16.1. The number of fused-ring (bicyclic) bond motifs is 2. The van der Waals surface area contributed by atoms with Crippen molar-refractivity contribution in [3.05, 3.63) is 84.3 Å². The van der Waals surface area contributed by atoms with E-state index in [1.165, 1.54) is 12.8 Å². The SMILES string of the molecule is O=C(Nc1ccccc1-c1cn2c(n1)CCCC2)c1cccc2ccccc12. The van der Waals surface area contributed by atoms with Crippen LogP contribution in [0.3, 0.4) is 0 Å². The number of imidazole rings is 1. The predicted octanol–water partition coefficient (Wildman–Crippen LogP) is 5.29. The molecule has 4 heteroatoms. The Hall–Kier alpha value is -3.40. The Kier molecular flexibility index (Phi) is 4.17. The van der Waals surface area contributed by atoms with Crippen LogP contribution in [-0.4, -0.2) is 15.5 Å². The van der Waals surface area contributed by atoms with Crippen molar-refractivity contribution in [1.82, 2.24) is 9.55 Å². The number of hydrogen-bond donors (Lipinski definition) is 1. The molecular formula is C24H21N3O. The Bertz CT molecular complexity index is 1150. The molecule has 4 nitrogen and oxygen atoms in total. The molecule has 1 aromatic heterocycles. The molecule has 138 valence electrons. The van der Waals surface area contributed by atoms with Crippen LogP contribution in [0.4, 0.5) is 5.69 Å². The number of carbonyl (C=O) groups is 1. The lowest BCUT2D eigenvalue weighted by Gasteiger charge is -2.11. The number of hydrogen-bond acceptors (Lipinski definition) is 2. The smallest absolute Gasteiger partial charge is 0.256 e. The summed E-state index contributed by atoms with van der Waals surface area (Å²) in [6.45, 7) is 1.02. The van der Waals surface area contributed by atoms with Gasteiger partial charge in [-0.15, -0.1) is 0 Å². The minimum atomic E-state index is -0.103. The van der Waals surface area contributed by atoms with Gasteiger partial charge in [0.2, 0.25) is 0 Å². The van der Waals surface area contributed by atoms with Crippen molar-refractivity contribution in [3.63, 3.8) is 0 Å². The van der Waals surface area contributed by atoms with Crippen molar-refractivity contribution in [2.75, 3.05) is 5.32 Å². The fourth-order valence-electron chi connectivity index (χ4n) is 3.97. The summed E-state index contributed by atoms with van der Waals surface area (Å²) in [4.78, 5) is 17.9. The Morgan fingerprint density at radius 2 is 1.75 bits per heavy atom. The van der Waals surface area contributed by atoms with Gasteiger partial charge in [0.25, 0.3) is 5.91 Å². The lowest BCUT2D eigenvalue weighted by atomic mass is 10.0. The molecule has 0 saturated heterocycles. The van der Waals surface area contributed by atoms with Crippen LogP contribution in [0.25, 0.3) is 22.0 Å². The Labute approximate surface area is 163 Å². The molecular weight excluding hydrogens is 346 g/mol. The van der Waals surface area contributed by atoms with Crippen molar-refractivity contribution >= 4 is 22.4 Å². The van der Waals surface area contributed by atoms with E-state index in [-0.39, 0.29) is 5.91 Å². The van der Waals surface area contributed by atoms with Crippen LogP contribution in [0, 0.1) is 0 Å². The van der Waals surface area contributed by atoms with E-state index in [1.807, 2.05) is 66.7 Å². The fourth-order valence-corrected chi connectivity index (χ4v) is 3.97. The molecule has 0 unspecified atom stereocenters. The molecule has 2 heterocycles. The lowest BCUT2D eigenvalue weighted by molar-refractivity contribution is 0.102. The van der Waals surface area contributed by atoms with Gasteiger partial charge in [0, 0.05) is 30.3 Å². The summed E-state index contributed by atoms with van der Waals surface area (Å²) < 4.78 is 2.24. The molecule has 3 aromatic carbocycles. The van der Waals surface area contributed by atoms with E-state index in [1.54, 1.807) is 0 Å². The van der Waals surface area contributed by atoms with Gasteiger partial charge in [0.15, 0.2) is 0 Å². The molecule has 0 saturated carbocycles. The number of amides is 1. The van der Waals surface area contributed by atoms with Crippen LogP contribution in [0.2, 0.25) is 0 Å². The van der Waals surface area contributed by atoms with Gasteiger partial charge in [-0.1, -0.05) is 54.6 Å². The highest BCUT2D eigenvalue weighted by Gasteiger charge is 2.17. The number of nitrogens with zero attached hydrogens (tertiary/aromatic N) is 2. The topological polar surface area (TPSA) is 46.9 Å². The molecule has 0 aliphatic carbocycles. The summed E-state index contributed by atoms with van der Waals surface area (Å²) in [6, 6.07) is 21.7. The summed E-state index contributed by atoms with van der Waals surface area (Å²) in [5.41, 5.74) is 3.34. The molecule has 4 aromatic rings. The van der Waals surface area contributed by atoms with Crippen molar-refractivity contribution in [2.24, 2.45) is 0 Å². The average Bonchev–Trinajstić information content (AvgIpc) is 3.18. The number of para-hydroxylation sites is 1. The van der Waals surface area contributed by atoms with Crippen LogP contribution in [0.1, 0.15) is 29.0 Å². The van der Waals surface area contributed by atoms with Gasteiger partial charge in [-0.2, -0.15) is 0 Å².